The number of allylic oxidation sites excluding steroid dienone is 1. The van der Waals surface area contributed by atoms with Gasteiger partial charge in [0.2, 0.25) is 17.7 Å². The molecule has 3 amide bonds. The fourth-order valence-electron chi connectivity index (χ4n) is 3.76. The second-order valence-corrected chi connectivity index (χ2v) is 9.47. The molecule has 0 radical (unpaired) electrons. The summed E-state index contributed by atoms with van der Waals surface area (Å²) >= 11 is 0. The van der Waals surface area contributed by atoms with Crippen molar-refractivity contribution in [1.82, 2.24) is 21.4 Å². The van der Waals surface area contributed by atoms with Gasteiger partial charge in [0.05, 0.1) is 31.1 Å². The number of para-hydroxylation sites is 1. The maximum Gasteiger partial charge on any atom is 0.244 e. The van der Waals surface area contributed by atoms with E-state index in [1.807, 2.05) is 63.9 Å². The molecule has 0 fully saturated rings. The van der Waals surface area contributed by atoms with Crippen molar-refractivity contribution in [1.29, 1.82) is 5.26 Å². The lowest BCUT2D eigenvalue weighted by Crippen LogP contribution is -2.56. The third-order valence-corrected chi connectivity index (χ3v) is 5.59. The Bertz CT molecular complexity index is 1040. The highest BCUT2D eigenvalue weighted by molar-refractivity contribution is 5.94. The minimum absolute atomic E-state index is 0. The molecule has 0 aliphatic carbocycles. The number of carbonyl (C=O) groups is 3. The van der Waals surface area contributed by atoms with Crippen LogP contribution in [0, 0.1) is 16.7 Å². The molecule has 1 aliphatic heterocycles. The Hall–Kier alpha value is -3.84. The molecule has 0 aromatic heterocycles. The quantitative estimate of drug-likeness (QED) is 0.182. The van der Waals surface area contributed by atoms with Crippen LogP contribution >= 0.6 is 0 Å². The predicted octanol–water partition coefficient (Wildman–Crippen LogP) is 3.95. The van der Waals surface area contributed by atoms with Crippen molar-refractivity contribution in [2.45, 2.75) is 66.0 Å². The summed E-state index contributed by atoms with van der Waals surface area (Å²) in [6, 6.07) is 8.16. The predicted molar refractivity (Wildman–Crippen MR) is 155 cm³/mol. The van der Waals surface area contributed by atoms with Crippen molar-refractivity contribution in [3.63, 3.8) is 0 Å². The normalized spacial score (nSPS) is 15.1. The molecule has 10 nitrogen and oxygen atoms in total. The number of benzene rings is 1. The molecule has 0 saturated heterocycles. The number of hydrogen-bond acceptors (Lipinski definition) is 7. The molecule has 214 valence electrons. The second-order valence-electron chi connectivity index (χ2n) is 9.47. The highest BCUT2D eigenvalue weighted by Gasteiger charge is 2.38. The van der Waals surface area contributed by atoms with Crippen LogP contribution in [0.4, 0.5) is 5.69 Å². The van der Waals surface area contributed by atoms with Crippen LogP contribution in [0.15, 0.2) is 48.9 Å². The van der Waals surface area contributed by atoms with E-state index in [0.717, 1.165) is 24.1 Å². The number of anilines is 1. The van der Waals surface area contributed by atoms with E-state index in [-0.39, 0.29) is 16.7 Å². The van der Waals surface area contributed by atoms with Crippen molar-refractivity contribution in [3.05, 3.63) is 54.4 Å². The van der Waals surface area contributed by atoms with Crippen molar-refractivity contribution in [2.24, 2.45) is 5.41 Å². The molecule has 1 aromatic rings. The van der Waals surface area contributed by atoms with Gasteiger partial charge >= 0.3 is 0 Å². The first-order valence-corrected chi connectivity index (χ1v) is 12.8. The van der Waals surface area contributed by atoms with Crippen LogP contribution in [0.1, 0.15) is 69.8 Å². The van der Waals surface area contributed by atoms with Crippen molar-refractivity contribution in [2.75, 3.05) is 25.2 Å². The number of rotatable bonds is 12. The fourth-order valence-corrected chi connectivity index (χ4v) is 3.76. The summed E-state index contributed by atoms with van der Waals surface area (Å²) in [6.07, 6.45) is 4.79. The molecule has 1 aliphatic rings. The van der Waals surface area contributed by atoms with Gasteiger partial charge in [0.15, 0.2) is 0 Å². The summed E-state index contributed by atoms with van der Waals surface area (Å²) < 4.78 is 4.86. The lowest BCUT2D eigenvalue weighted by Gasteiger charge is -2.31. The summed E-state index contributed by atoms with van der Waals surface area (Å²) in [5, 5.41) is 18.7. The standard InChI is InChI=1S/C26H36N6O4.C2H6.3H2/c1-6-18(17-36-5)29-21(33)16-28-25(35)23(26(2,3)4)30-24(34)22-19-12-8-9-13-20(19)32(31-22)15-11-7-10-14-27;1-2;;;/h6,8-9,12-13,17,22-23,31H,1,7,10-11,15-16H2,2-5H3,(H,28,35)(H,29,33)(H,30,34);1-2H3;3*1H/b18-17+;;;;. The number of methoxy groups -OCH3 is 1. The van der Waals surface area contributed by atoms with Crippen LogP contribution in [0.2, 0.25) is 0 Å². The summed E-state index contributed by atoms with van der Waals surface area (Å²) in [7, 11) is 1.44. The molecular formula is C28H48N6O4. The first-order valence-electron chi connectivity index (χ1n) is 12.8. The van der Waals surface area contributed by atoms with Gasteiger partial charge in [0.1, 0.15) is 18.3 Å². The van der Waals surface area contributed by atoms with E-state index in [9.17, 15) is 14.4 Å². The zero-order valence-corrected chi connectivity index (χ0v) is 23.4. The number of nitrogens with one attached hydrogen (secondary N) is 4. The average Bonchev–Trinajstić information content (AvgIpc) is 3.27. The number of nitrogens with zero attached hydrogens (tertiary/aromatic N) is 2. The van der Waals surface area contributed by atoms with E-state index >= 15 is 0 Å². The molecule has 38 heavy (non-hydrogen) atoms. The summed E-state index contributed by atoms with van der Waals surface area (Å²) in [5.41, 5.74) is 4.68. The summed E-state index contributed by atoms with van der Waals surface area (Å²) in [5.74, 6) is -1.27. The largest absolute Gasteiger partial charge is 0.502 e. The van der Waals surface area contributed by atoms with Gasteiger partial charge in [-0.1, -0.05) is 59.4 Å². The SMILES string of the molecule is C=C/C(=C\OC)NC(=O)CNC(=O)C(NC(=O)C1NN(CCCCC#N)c2ccccc21)C(C)(C)C.CC.[HH].[HH].[HH]. The van der Waals surface area contributed by atoms with E-state index in [0.29, 0.717) is 18.7 Å². The third-order valence-electron chi connectivity index (χ3n) is 5.59. The number of ether oxygens (including phenoxy) is 1. The van der Waals surface area contributed by atoms with Crippen LogP contribution in [0.25, 0.3) is 0 Å². The second kappa shape index (κ2) is 16.1. The van der Waals surface area contributed by atoms with Gasteiger partial charge in [-0.3, -0.25) is 14.4 Å². The molecule has 2 unspecified atom stereocenters. The van der Waals surface area contributed by atoms with Crippen LogP contribution in [0.3, 0.4) is 0 Å². The molecule has 0 spiro atoms. The Morgan fingerprint density at radius 2 is 1.95 bits per heavy atom. The Kier molecular flexibility index (Phi) is 13.6. The fraction of sp³-hybridized carbons (Fsp3) is 0.500. The molecule has 0 saturated carbocycles. The average molecular weight is 533 g/mol. The van der Waals surface area contributed by atoms with Crippen LogP contribution in [0.5, 0.6) is 0 Å². The number of hydrogen-bond donors (Lipinski definition) is 4. The Balaban J connectivity index is -0.00000282. The molecule has 0 bridgehead atoms. The molecule has 2 atom stereocenters. The lowest BCUT2D eigenvalue weighted by molar-refractivity contribution is -0.133. The van der Waals surface area contributed by atoms with Crippen molar-refractivity contribution >= 4 is 23.4 Å². The van der Waals surface area contributed by atoms with Crippen molar-refractivity contribution < 1.29 is 23.4 Å². The molecule has 4 N–H and O–H groups in total. The zero-order valence-electron chi connectivity index (χ0n) is 23.4. The lowest BCUT2D eigenvalue weighted by atomic mass is 9.85. The van der Waals surface area contributed by atoms with Gasteiger partial charge in [-0.15, -0.1) is 0 Å². The van der Waals surface area contributed by atoms with E-state index in [1.165, 1.54) is 19.4 Å². The number of unbranched alkanes of at least 4 members (excludes halogenated alkanes) is 2. The highest BCUT2D eigenvalue weighted by Crippen LogP contribution is 2.33. The van der Waals surface area contributed by atoms with E-state index in [1.54, 1.807) is 0 Å². The number of hydrazine groups is 1. The molecule has 2 rings (SSSR count). The first kappa shape index (κ1) is 32.2. The maximum absolute atomic E-state index is 13.4. The third kappa shape index (κ3) is 9.56. The number of nitriles is 1. The van der Waals surface area contributed by atoms with Gasteiger partial charge in [-0.05, 0) is 30.4 Å². The zero-order chi connectivity index (χ0) is 28.7. The molecule has 10 heteroatoms. The summed E-state index contributed by atoms with van der Waals surface area (Å²) in [6.45, 7) is 13.5. The van der Waals surface area contributed by atoms with Crippen LogP contribution in [-0.2, 0) is 19.1 Å². The highest BCUT2D eigenvalue weighted by atomic mass is 16.5. The minimum atomic E-state index is -0.884. The van der Waals surface area contributed by atoms with Crippen molar-refractivity contribution in [3.8, 4) is 6.07 Å². The van der Waals surface area contributed by atoms with E-state index < -0.39 is 29.3 Å². The minimum Gasteiger partial charge on any atom is -0.502 e. The number of fused-ring (bicyclic) bond motifs is 1. The molecular weight excluding hydrogens is 484 g/mol. The maximum atomic E-state index is 13.4. The van der Waals surface area contributed by atoms with Gasteiger partial charge in [0.25, 0.3) is 0 Å². The van der Waals surface area contributed by atoms with Crippen LogP contribution < -0.4 is 26.4 Å². The monoisotopic (exact) mass is 532 g/mol. The van der Waals surface area contributed by atoms with E-state index in [4.69, 9.17) is 10.00 Å². The Morgan fingerprint density at radius 1 is 1.26 bits per heavy atom. The number of carbonyl (C=O) groups excluding carboxylic acids is 3. The summed E-state index contributed by atoms with van der Waals surface area (Å²) in [4.78, 5) is 38.6. The van der Waals surface area contributed by atoms with Gasteiger partial charge in [0, 0.05) is 22.8 Å². The molecule has 1 heterocycles. The van der Waals surface area contributed by atoms with Gasteiger partial charge < -0.3 is 25.7 Å². The van der Waals surface area contributed by atoms with E-state index in [2.05, 4.69) is 34.0 Å². The van der Waals surface area contributed by atoms with Gasteiger partial charge in [-0.25, -0.2) is 5.43 Å². The molecule has 1 aromatic carbocycles. The smallest absolute Gasteiger partial charge is 0.244 e. The first-order chi connectivity index (χ1) is 18.1. The topological polar surface area (TPSA) is 136 Å². The Morgan fingerprint density at radius 3 is 2.55 bits per heavy atom. The number of amides is 3. The van der Waals surface area contributed by atoms with Crippen LogP contribution in [-0.4, -0.2) is 44.0 Å². The van der Waals surface area contributed by atoms with Gasteiger partial charge in [-0.2, -0.15) is 5.26 Å². The Labute approximate surface area is 230 Å².